The summed E-state index contributed by atoms with van der Waals surface area (Å²) in [6, 6.07) is 24.1. The van der Waals surface area contributed by atoms with Gasteiger partial charge in [-0.2, -0.15) is 0 Å². The van der Waals surface area contributed by atoms with Crippen LogP contribution in [0.2, 0.25) is 0 Å². The Morgan fingerprint density at radius 2 is 1.56 bits per heavy atom. The van der Waals surface area contributed by atoms with Crippen LogP contribution in [0.15, 0.2) is 114 Å². The number of allylic oxidation sites excluding steroid dienone is 8. The lowest BCUT2D eigenvalue weighted by Gasteiger charge is -2.19. The van der Waals surface area contributed by atoms with Crippen molar-refractivity contribution in [3.05, 3.63) is 136 Å². The van der Waals surface area contributed by atoms with Crippen molar-refractivity contribution in [2.75, 3.05) is 0 Å². The first-order valence-corrected chi connectivity index (χ1v) is 9.39. The Kier molecular flexibility index (Phi) is 2.98. The summed E-state index contributed by atoms with van der Waals surface area (Å²) < 4.78 is 0. The van der Waals surface area contributed by atoms with Gasteiger partial charge in [0, 0.05) is 40.5 Å². The minimum atomic E-state index is 1.28. The Balaban J connectivity index is 1.83. The van der Waals surface area contributed by atoms with Gasteiger partial charge in [0.25, 0.3) is 0 Å². The van der Waals surface area contributed by atoms with E-state index in [1.807, 2.05) is 0 Å². The van der Waals surface area contributed by atoms with Gasteiger partial charge in [-0.25, -0.2) is 0 Å². The van der Waals surface area contributed by atoms with Crippen molar-refractivity contribution in [3.8, 4) is 0 Å². The molecule has 3 aliphatic rings. The van der Waals surface area contributed by atoms with Crippen molar-refractivity contribution in [3.63, 3.8) is 0 Å². The maximum absolute atomic E-state index is 2.30. The number of benzene rings is 3. The number of rotatable bonds is 1. The molecule has 0 unspecified atom stereocenters. The van der Waals surface area contributed by atoms with Crippen LogP contribution < -0.4 is 10.4 Å². The molecule has 3 aliphatic carbocycles. The maximum atomic E-state index is 2.30. The summed E-state index contributed by atoms with van der Waals surface area (Å²) in [5, 5.41) is 5.34. The Morgan fingerprint density at radius 1 is 0.704 bits per heavy atom. The summed E-state index contributed by atoms with van der Waals surface area (Å²) in [5.74, 6) is 1.33. The number of fused-ring (bicyclic) bond motifs is 6. The molecule has 0 bridgehead atoms. The fraction of sp³-hybridized carbons (Fsp3) is 0. The zero-order valence-electron chi connectivity index (χ0n) is 14.8. The molecule has 0 saturated carbocycles. The molecule has 0 heteroatoms. The zero-order valence-corrected chi connectivity index (χ0v) is 14.8. The van der Waals surface area contributed by atoms with Crippen LogP contribution in [0.5, 0.6) is 0 Å². The van der Waals surface area contributed by atoms with E-state index in [1.165, 1.54) is 55.0 Å². The first-order valence-electron chi connectivity index (χ1n) is 9.39. The fourth-order valence-corrected chi connectivity index (χ4v) is 4.56. The van der Waals surface area contributed by atoms with Crippen molar-refractivity contribution in [2.45, 2.75) is 0 Å². The highest BCUT2D eigenvalue weighted by molar-refractivity contribution is 6.07. The highest BCUT2D eigenvalue weighted by Gasteiger charge is 2.36. The Labute approximate surface area is 158 Å². The molecule has 3 aromatic carbocycles. The van der Waals surface area contributed by atoms with Gasteiger partial charge in [0.05, 0.1) is 27.9 Å². The van der Waals surface area contributed by atoms with Gasteiger partial charge < -0.3 is 0 Å². The van der Waals surface area contributed by atoms with Crippen LogP contribution in [-0.4, -0.2) is 0 Å². The van der Waals surface area contributed by atoms with Crippen LogP contribution >= 0.6 is 0 Å². The highest BCUT2D eigenvalue weighted by atomic mass is 14.3. The van der Waals surface area contributed by atoms with Gasteiger partial charge in [-0.3, -0.25) is 0 Å². The molecule has 0 N–H and O–H groups in total. The molecular formula is C27H17+. The largest absolute Gasteiger partial charge is 0.0816 e. The van der Waals surface area contributed by atoms with Gasteiger partial charge >= 0.3 is 0 Å². The lowest BCUT2D eigenvalue weighted by Crippen LogP contribution is -2.26. The van der Waals surface area contributed by atoms with Crippen molar-refractivity contribution in [1.29, 1.82) is 0 Å². The topological polar surface area (TPSA) is 0 Å². The second-order valence-electron chi connectivity index (χ2n) is 7.16. The molecule has 0 spiro atoms. The van der Waals surface area contributed by atoms with Crippen LogP contribution in [0.3, 0.4) is 0 Å². The predicted octanol–water partition coefficient (Wildman–Crippen LogP) is 4.77. The first kappa shape index (κ1) is 14.6. The Hall–Kier alpha value is -3.51. The molecule has 0 nitrogen and oxygen atoms in total. The average molecular weight is 341 g/mol. The summed E-state index contributed by atoms with van der Waals surface area (Å²) >= 11 is 0. The molecule has 0 amide bonds. The molecule has 0 atom stereocenters. The van der Waals surface area contributed by atoms with Crippen molar-refractivity contribution in [2.24, 2.45) is 0 Å². The number of hydrogen-bond donors (Lipinski definition) is 0. The van der Waals surface area contributed by atoms with Gasteiger partial charge in [-0.15, -0.1) is 0 Å². The second-order valence-corrected chi connectivity index (χ2v) is 7.16. The molecule has 0 saturated heterocycles. The minimum absolute atomic E-state index is 1.28. The number of hydrogen-bond acceptors (Lipinski definition) is 0. The highest BCUT2D eigenvalue weighted by Crippen LogP contribution is 2.43. The van der Waals surface area contributed by atoms with Gasteiger partial charge in [-0.1, -0.05) is 54.6 Å². The molecular weight excluding hydrogens is 324 g/mol. The molecule has 27 heavy (non-hydrogen) atoms. The van der Waals surface area contributed by atoms with E-state index in [4.69, 9.17) is 0 Å². The molecule has 0 heterocycles. The van der Waals surface area contributed by atoms with Crippen LogP contribution in [0, 0.1) is 5.92 Å². The second kappa shape index (κ2) is 5.49. The fourth-order valence-electron chi connectivity index (χ4n) is 4.56. The van der Waals surface area contributed by atoms with Crippen LogP contribution in [0.1, 0.15) is 5.56 Å². The van der Waals surface area contributed by atoms with Crippen molar-refractivity contribution >= 4 is 21.9 Å². The van der Waals surface area contributed by atoms with E-state index < -0.39 is 0 Å². The molecule has 0 fully saturated rings. The average Bonchev–Trinajstić information content (AvgIpc) is 3.09. The van der Waals surface area contributed by atoms with Gasteiger partial charge in [0.2, 0.25) is 0 Å². The van der Waals surface area contributed by atoms with Crippen LogP contribution in [0.25, 0.3) is 21.9 Å². The van der Waals surface area contributed by atoms with Crippen molar-refractivity contribution in [1.82, 2.24) is 0 Å². The standard InChI is InChI=1S/C27H17/c1-2-10-20(11-3-1)25-23-16-14-18-8-4-6-12-21(18)26(23)27-22-13-7-5-9-19(22)15-17-24(25)27/h1-17H/q+1. The quantitative estimate of drug-likeness (QED) is 0.559. The molecule has 0 aromatic heterocycles. The lowest BCUT2D eigenvalue weighted by atomic mass is 9.78. The van der Waals surface area contributed by atoms with E-state index in [0.29, 0.717) is 0 Å². The SMILES string of the molecule is C1=CC2=CC=C3C(c4ccccc4)=c4ccc5ccccc5c4=C3[C+]2C=C1. The van der Waals surface area contributed by atoms with Crippen LogP contribution in [0.4, 0.5) is 0 Å². The molecule has 3 aromatic rings. The summed E-state index contributed by atoms with van der Waals surface area (Å²) in [6.45, 7) is 0. The normalized spacial score (nSPS) is 16.8. The monoisotopic (exact) mass is 341 g/mol. The molecule has 6 rings (SSSR count). The van der Waals surface area contributed by atoms with E-state index >= 15 is 0 Å². The van der Waals surface area contributed by atoms with E-state index in [1.54, 1.807) is 0 Å². The first-order chi connectivity index (χ1) is 13.4. The maximum Gasteiger partial charge on any atom is 0.0816 e. The van der Waals surface area contributed by atoms with Gasteiger partial charge in [0.15, 0.2) is 0 Å². The third-order valence-corrected chi connectivity index (χ3v) is 5.71. The third kappa shape index (κ3) is 2.01. The zero-order chi connectivity index (χ0) is 17.8. The lowest BCUT2D eigenvalue weighted by molar-refractivity contribution is 1.33. The smallest absolute Gasteiger partial charge is 0.0622 e. The summed E-state index contributed by atoms with van der Waals surface area (Å²) in [5.41, 5.74) is 6.63. The predicted molar refractivity (Wildman–Crippen MR) is 113 cm³/mol. The van der Waals surface area contributed by atoms with E-state index in [9.17, 15) is 0 Å². The van der Waals surface area contributed by atoms with Crippen molar-refractivity contribution < 1.29 is 0 Å². The van der Waals surface area contributed by atoms with Gasteiger partial charge in [-0.05, 0) is 35.2 Å². The summed E-state index contributed by atoms with van der Waals surface area (Å²) in [4.78, 5) is 0. The van der Waals surface area contributed by atoms with Gasteiger partial charge in [0.1, 0.15) is 0 Å². The van der Waals surface area contributed by atoms with E-state index in [0.717, 1.165) is 0 Å². The van der Waals surface area contributed by atoms with E-state index in [-0.39, 0.29) is 0 Å². The Morgan fingerprint density at radius 3 is 2.48 bits per heavy atom. The molecule has 0 radical (unpaired) electrons. The minimum Gasteiger partial charge on any atom is -0.0622 e. The summed E-state index contributed by atoms with van der Waals surface area (Å²) in [6.07, 6.45) is 13.3. The van der Waals surface area contributed by atoms with Crippen LogP contribution in [-0.2, 0) is 0 Å². The molecule has 0 aliphatic heterocycles. The Bertz CT molecular complexity index is 1340. The summed E-state index contributed by atoms with van der Waals surface area (Å²) in [7, 11) is 0. The molecule has 124 valence electrons. The third-order valence-electron chi connectivity index (χ3n) is 5.71. The van der Waals surface area contributed by atoms with E-state index in [2.05, 4.69) is 103 Å².